The van der Waals surface area contributed by atoms with Gasteiger partial charge in [-0.3, -0.25) is 4.79 Å². The van der Waals surface area contributed by atoms with Gasteiger partial charge in [-0.15, -0.1) is 0 Å². The van der Waals surface area contributed by atoms with E-state index in [4.69, 9.17) is 0 Å². The summed E-state index contributed by atoms with van der Waals surface area (Å²) in [7, 11) is -4.22. The van der Waals surface area contributed by atoms with Crippen molar-refractivity contribution in [2.75, 3.05) is 0 Å². The third-order valence-electron chi connectivity index (χ3n) is 12.1. The molecule has 8 aromatic carbocycles. The molecular weight excluding hydrogens is 922 g/mol. The van der Waals surface area contributed by atoms with Crippen LogP contribution in [0.1, 0.15) is 60.4 Å². The molecule has 0 amide bonds. The van der Waals surface area contributed by atoms with E-state index in [0.717, 1.165) is 12.3 Å². The second kappa shape index (κ2) is 20.2. The quantitative estimate of drug-likeness (QED) is 0.113. The Bertz CT molecular complexity index is 2290. The van der Waals surface area contributed by atoms with E-state index >= 15 is 0 Å². The van der Waals surface area contributed by atoms with Crippen LogP contribution in [0.25, 0.3) is 0 Å². The van der Waals surface area contributed by atoms with Crippen LogP contribution in [-0.2, 0) is 12.3 Å². The van der Waals surface area contributed by atoms with Gasteiger partial charge in [-0.1, -0.05) is 155 Å². The number of hydrogen-bond acceptors (Lipinski definition) is 1. The predicted octanol–water partition coefficient (Wildman–Crippen LogP) is 5.76. The molecule has 0 N–H and O–H groups in total. The van der Waals surface area contributed by atoms with Gasteiger partial charge >= 0.3 is 0 Å². The molecule has 0 aliphatic heterocycles. The zero-order valence-electron chi connectivity index (χ0n) is 36.4. The van der Waals surface area contributed by atoms with Crippen LogP contribution in [0.4, 0.5) is 0 Å². The van der Waals surface area contributed by atoms with Crippen molar-refractivity contribution in [3.63, 3.8) is 0 Å². The maximum atomic E-state index is 14.2. The molecule has 0 spiro atoms. The van der Waals surface area contributed by atoms with E-state index in [9.17, 15) is 4.79 Å². The number of benzene rings is 8. The molecule has 312 valence electrons. The molecule has 0 saturated heterocycles. The first-order valence-corrected chi connectivity index (χ1v) is 24.9. The number of ketones is 1. The lowest BCUT2D eigenvalue weighted by atomic mass is 10.0. The Balaban J connectivity index is 0.00000321. The second-order valence-electron chi connectivity index (χ2n) is 16.7. The third kappa shape index (κ3) is 9.73. The van der Waals surface area contributed by atoms with Crippen molar-refractivity contribution in [2.24, 2.45) is 0 Å². The first-order valence-electron chi connectivity index (χ1n) is 21.0. The van der Waals surface area contributed by atoms with Crippen LogP contribution >= 0.6 is 14.5 Å². The Morgan fingerprint density at radius 1 is 0.290 bits per heavy atom. The van der Waals surface area contributed by atoms with Crippen molar-refractivity contribution in [3.05, 3.63) is 250 Å². The molecule has 0 fully saturated rings. The van der Waals surface area contributed by atoms with Gasteiger partial charge in [0.25, 0.3) is 0 Å². The fraction of sp³-hybridized carbons (Fsp3) is 0.140. The van der Waals surface area contributed by atoms with E-state index in [1.54, 1.807) is 0 Å². The summed E-state index contributed by atoms with van der Waals surface area (Å²) in [5.41, 5.74) is 11.4. The van der Waals surface area contributed by atoms with Crippen LogP contribution in [0.5, 0.6) is 0 Å². The Hall–Kier alpha value is -4.75. The monoisotopic (exact) mass is 974 g/mol. The summed E-state index contributed by atoms with van der Waals surface area (Å²) in [4.78, 5) is 14.2. The van der Waals surface area contributed by atoms with E-state index in [0.29, 0.717) is 11.1 Å². The molecule has 8 aromatic rings. The summed E-state index contributed by atoms with van der Waals surface area (Å²) in [5.74, 6) is 0.0430. The Morgan fingerprint density at radius 3 is 0.645 bits per heavy atom. The van der Waals surface area contributed by atoms with Gasteiger partial charge in [-0.25, -0.2) is 0 Å². The minimum Gasteiger partial charge on any atom is -1.00 e. The zero-order valence-corrected chi connectivity index (χ0v) is 41.4. The van der Waals surface area contributed by atoms with Crippen LogP contribution in [0.2, 0.25) is 0 Å². The summed E-state index contributed by atoms with van der Waals surface area (Å²) in [6, 6.07) is 71.8. The number of hydrogen-bond donors (Lipinski definition) is 0. The van der Waals surface area contributed by atoms with Gasteiger partial charge < -0.3 is 34.0 Å². The van der Waals surface area contributed by atoms with E-state index in [1.165, 1.54) is 76.3 Å². The molecule has 0 saturated carbocycles. The van der Waals surface area contributed by atoms with Crippen molar-refractivity contribution in [3.8, 4) is 0 Å². The van der Waals surface area contributed by atoms with Crippen LogP contribution in [0, 0.1) is 41.5 Å². The zero-order chi connectivity index (χ0) is 41.9. The first kappa shape index (κ1) is 46.7. The second-order valence-corrected chi connectivity index (χ2v) is 23.6. The fourth-order valence-electron chi connectivity index (χ4n) is 8.48. The van der Waals surface area contributed by atoms with Crippen molar-refractivity contribution in [1.82, 2.24) is 0 Å². The molecule has 8 rings (SSSR count). The predicted molar refractivity (Wildman–Crippen MR) is 262 cm³/mol. The van der Waals surface area contributed by atoms with Crippen molar-refractivity contribution in [1.29, 1.82) is 0 Å². The normalized spacial score (nSPS) is 11.3. The van der Waals surface area contributed by atoms with Crippen LogP contribution in [-0.4, -0.2) is 5.78 Å². The maximum absolute atomic E-state index is 14.2. The van der Waals surface area contributed by atoms with Gasteiger partial charge in [-0.2, -0.15) is 0 Å². The molecule has 62 heavy (non-hydrogen) atoms. The van der Waals surface area contributed by atoms with Gasteiger partial charge in [0.2, 0.25) is 0 Å². The van der Waals surface area contributed by atoms with Crippen LogP contribution in [0.15, 0.2) is 194 Å². The van der Waals surface area contributed by atoms with E-state index in [-0.39, 0.29) is 39.7 Å². The molecule has 0 unspecified atom stereocenters. The summed E-state index contributed by atoms with van der Waals surface area (Å²) in [5, 5.41) is 8.16. The Kier molecular flexibility index (Phi) is 15.2. The molecular formula is C57H54Br2OP2. The molecule has 0 aromatic heterocycles. The van der Waals surface area contributed by atoms with Gasteiger partial charge in [0.1, 0.15) is 46.4 Å². The largest absolute Gasteiger partial charge is 1.00 e. The minimum absolute atomic E-state index is 0. The molecule has 0 aliphatic carbocycles. The number of carbonyl (C=O) groups is 1. The standard InChI is InChI=1S/C57H54OP2.2BrH/c1-41-7-27-51(28-8-41)59(52-29-9-42(2)10-30-52,53-31-11-43(3)12-32-53)39-47-19-23-49(24-20-47)57(58)50-25-21-48(22-26-50)40-60(54-33-13-44(4)14-34-54,55-35-15-45(5)16-36-55)56-37-17-46(6)18-38-56;;/h7-38H,39-40H2,1-6H3;2*1H/q+2;;/p-2. The molecule has 0 heterocycles. The maximum Gasteiger partial charge on any atom is 0.193 e. The molecule has 5 heteroatoms. The van der Waals surface area contributed by atoms with Gasteiger partial charge in [0.05, 0.1) is 12.3 Å². The summed E-state index contributed by atoms with van der Waals surface area (Å²) < 4.78 is 0. The number of halogens is 2. The molecule has 0 bridgehead atoms. The van der Waals surface area contributed by atoms with Crippen molar-refractivity contribution >= 4 is 52.1 Å². The summed E-state index contributed by atoms with van der Waals surface area (Å²) >= 11 is 0. The van der Waals surface area contributed by atoms with E-state index in [2.05, 4.69) is 211 Å². The average molecular weight is 977 g/mol. The molecule has 0 aliphatic rings. The van der Waals surface area contributed by atoms with E-state index < -0.39 is 14.5 Å². The molecule has 0 radical (unpaired) electrons. The summed E-state index contributed by atoms with van der Waals surface area (Å²) in [6.45, 7) is 12.9. The highest BCUT2D eigenvalue weighted by atomic mass is 79.9. The van der Waals surface area contributed by atoms with Crippen LogP contribution in [0.3, 0.4) is 0 Å². The highest BCUT2D eigenvalue weighted by Crippen LogP contribution is 2.59. The first-order chi connectivity index (χ1) is 29.0. The topological polar surface area (TPSA) is 17.1 Å². The lowest BCUT2D eigenvalue weighted by molar-refractivity contribution is -0.001000. The van der Waals surface area contributed by atoms with Crippen LogP contribution < -0.4 is 65.8 Å². The van der Waals surface area contributed by atoms with Gasteiger partial charge in [0, 0.05) is 11.1 Å². The van der Waals surface area contributed by atoms with Gasteiger partial charge in [-0.05, 0) is 125 Å². The highest BCUT2D eigenvalue weighted by Gasteiger charge is 2.47. The lowest BCUT2D eigenvalue weighted by Gasteiger charge is -2.28. The van der Waals surface area contributed by atoms with Gasteiger partial charge in [0.15, 0.2) is 5.78 Å². The van der Waals surface area contributed by atoms with Crippen molar-refractivity contribution < 1.29 is 38.8 Å². The summed E-state index contributed by atoms with van der Waals surface area (Å²) in [6.07, 6.45) is 1.72. The average Bonchev–Trinajstić information content (AvgIpc) is 3.27. The number of rotatable bonds is 12. The third-order valence-corrected chi connectivity index (χ3v) is 20.9. The Labute approximate surface area is 391 Å². The SMILES string of the molecule is Cc1ccc([P+](Cc2ccc(C(=O)c3ccc(C[P+](c4ccc(C)cc4)(c4ccc(C)cc4)c4ccc(C)cc4)cc3)cc2)(c2ccc(C)cc2)c2ccc(C)cc2)cc1.[Br-].[Br-]. The molecule has 1 nitrogen and oxygen atoms in total. The Morgan fingerprint density at radius 2 is 0.468 bits per heavy atom. The van der Waals surface area contributed by atoms with Crippen molar-refractivity contribution in [2.45, 2.75) is 53.9 Å². The van der Waals surface area contributed by atoms with E-state index in [1.807, 2.05) is 24.3 Å². The highest BCUT2D eigenvalue weighted by molar-refractivity contribution is 7.95. The molecule has 0 atom stereocenters. The number of carbonyl (C=O) groups excluding carboxylic acids is 1. The fourth-order valence-corrected chi connectivity index (χ4v) is 16.8. The number of aryl methyl sites for hydroxylation is 6. The minimum atomic E-state index is -2.11. The lowest BCUT2D eigenvalue weighted by Crippen LogP contribution is -3.00. The smallest absolute Gasteiger partial charge is 0.193 e.